The van der Waals surface area contributed by atoms with E-state index >= 15 is 0 Å². The van der Waals surface area contributed by atoms with Gasteiger partial charge in [0.05, 0.1) is 11.3 Å². The fourth-order valence-corrected chi connectivity index (χ4v) is 3.37. The molecule has 26 heavy (non-hydrogen) atoms. The molecule has 1 aromatic heterocycles. The van der Waals surface area contributed by atoms with Crippen LogP contribution < -0.4 is 11.2 Å². The molecule has 5 N–H and O–H groups in total. The van der Waals surface area contributed by atoms with Crippen LogP contribution in [0.4, 0.5) is 0 Å². The number of carbonyl (C=O) groups excluding carboxylic acids is 1. The molecular weight excluding hydrogens is 332 g/mol. The van der Waals surface area contributed by atoms with Gasteiger partial charge in [-0.15, -0.1) is 0 Å². The number of H-pyrrole nitrogens is 1. The summed E-state index contributed by atoms with van der Waals surface area (Å²) < 4.78 is 0. The van der Waals surface area contributed by atoms with Gasteiger partial charge in [-0.25, -0.2) is 5.43 Å². The molecule has 1 aliphatic heterocycles. The van der Waals surface area contributed by atoms with E-state index in [9.17, 15) is 14.7 Å². The Morgan fingerprint density at radius 2 is 2.15 bits per heavy atom. The van der Waals surface area contributed by atoms with Crippen LogP contribution in [0.2, 0.25) is 0 Å². The number of amides is 1. The minimum absolute atomic E-state index is 0.0609. The van der Waals surface area contributed by atoms with Crippen molar-refractivity contribution >= 4 is 34.6 Å². The van der Waals surface area contributed by atoms with Crippen LogP contribution in [0.1, 0.15) is 31.0 Å². The van der Waals surface area contributed by atoms with Crippen LogP contribution in [0.5, 0.6) is 0 Å². The Labute approximate surface area is 150 Å². The van der Waals surface area contributed by atoms with E-state index in [0.717, 1.165) is 35.0 Å². The van der Waals surface area contributed by atoms with Gasteiger partial charge in [0.1, 0.15) is 6.04 Å². The zero-order valence-electron chi connectivity index (χ0n) is 14.4. The molecule has 0 spiro atoms. The molecule has 0 saturated heterocycles. The Balaban J connectivity index is 1.82. The predicted molar refractivity (Wildman–Crippen MR) is 98.5 cm³/mol. The fourth-order valence-electron chi connectivity index (χ4n) is 3.37. The standard InChI is InChI=1S/C19H20N4O3/c1-19(6-7-19)16-12(17(24)23-22-16)9-15-11(8-13(20)18(25)26)10-4-2-3-5-14(10)21-15/h2-5,9,13,21H,6-8,20H2,1H3,(H,23,24)(H,25,26). The first-order chi connectivity index (χ1) is 12.4. The van der Waals surface area contributed by atoms with Crippen molar-refractivity contribution in [1.82, 2.24) is 10.4 Å². The van der Waals surface area contributed by atoms with Gasteiger partial charge in [-0.05, 0) is 30.5 Å². The molecule has 1 aliphatic carbocycles. The van der Waals surface area contributed by atoms with Crippen LogP contribution in [-0.2, 0) is 16.0 Å². The molecule has 1 atom stereocenters. The quantitative estimate of drug-likeness (QED) is 0.613. The van der Waals surface area contributed by atoms with Gasteiger partial charge in [0.15, 0.2) is 0 Å². The third-order valence-corrected chi connectivity index (χ3v) is 5.22. The van der Waals surface area contributed by atoms with Crippen molar-refractivity contribution in [1.29, 1.82) is 0 Å². The van der Waals surface area contributed by atoms with Gasteiger partial charge in [0.25, 0.3) is 5.91 Å². The summed E-state index contributed by atoms with van der Waals surface area (Å²) in [5.74, 6) is -1.29. The summed E-state index contributed by atoms with van der Waals surface area (Å²) in [7, 11) is 0. The number of carboxylic acid groups (broad SMARTS) is 1. The second kappa shape index (κ2) is 5.81. The maximum atomic E-state index is 12.3. The molecule has 7 heteroatoms. The van der Waals surface area contributed by atoms with Crippen molar-refractivity contribution in [2.24, 2.45) is 16.3 Å². The van der Waals surface area contributed by atoms with Crippen LogP contribution in [0.25, 0.3) is 17.0 Å². The Morgan fingerprint density at radius 3 is 2.85 bits per heavy atom. The summed E-state index contributed by atoms with van der Waals surface area (Å²) in [5.41, 5.74) is 11.9. The van der Waals surface area contributed by atoms with E-state index in [4.69, 9.17) is 5.73 Å². The van der Waals surface area contributed by atoms with Gasteiger partial charge in [0.2, 0.25) is 0 Å². The summed E-state index contributed by atoms with van der Waals surface area (Å²) in [6.45, 7) is 2.09. The van der Waals surface area contributed by atoms with Crippen molar-refractivity contribution in [3.05, 3.63) is 41.1 Å². The lowest BCUT2D eigenvalue weighted by Crippen LogP contribution is -2.32. The Kier molecular flexibility index (Phi) is 3.69. The molecule has 2 heterocycles. The Bertz CT molecular complexity index is 982. The van der Waals surface area contributed by atoms with Crippen LogP contribution in [0, 0.1) is 5.41 Å². The number of aromatic nitrogens is 1. The van der Waals surface area contributed by atoms with Crippen molar-refractivity contribution in [2.45, 2.75) is 32.2 Å². The van der Waals surface area contributed by atoms with Crippen molar-refractivity contribution in [3.8, 4) is 0 Å². The summed E-state index contributed by atoms with van der Waals surface area (Å²) in [6.07, 6.45) is 3.95. The number of hydrazone groups is 1. The monoisotopic (exact) mass is 352 g/mol. The number of fused-ring (bicyclic) bond motifs is 1. The Morgan fingerprint density at radius 1 is 1.42 bits per heavy atom. The maximum absolute atomic E-state index is 12.3. The number of carboxylic acids is 1. The molecule has 0 radical (unpaired) electrons. The van der Waals surface area contributed by atoms with Crippen molar-refractivity contribution in [2.75, 3.05) is 0 Å². The molecule has 1 saturated carbocycles. The zero-order valence-corrected chi connectivity index (χ0v) is 14.4. The summed E-state index contributed by atoms with van der Waals surface area (Å²) in [6, 6.07) is 6.61. The summed E-state index contributed by atoms with van der Waals surface area (Å²) in [5, 5.41) is 14.3. The highest BCUT2D eigenvalue weighted by Crippen LogP contribution is 2.49. The number of nitrogens with one attached hydrogen (secondary N) is 2. The number of para-hydroxylation sites is 1. The van der Waals surface area contributed by atoms with Crippen molar-refractivity contribution in [3.63, 3.8) is 0 Å². The lowest BCUT2D eigenvalue weighted by atomic mass is 9.94. The van der Waals surface area contributed by atoms with E-state index < -0.39 is 12.0 Å². The van der Waals surface area contributed by atoms with Crippen LogP contribution in [0.15, 0.2) is 34.9 Å². The van der Waals surface area contributed by atoms with E-state index in [0.29, 0.717) is 11.3 Å². The van der Waals surface area contributed by atoms with Gasteiger partial charge < -0.3 is 15.8 Å². The second-order valence-electron chi connectivity index (χ2n) is 7.23. The smallest absolute Gasteiger partial charge is 0.320 e. The number of nitrogens with two attached hydrogens (primary N) is 1. The number of hydrogen-bond donors (Lipinski definition) is 4. The molecule has 1 amide bonds. The highest BCUT2D eigenvalue weighted by atomic mass is 16.4. The minimum Gasteiger partial charge on any atom is -0.480 e. The summed E-state index contributed by atoms with van der Waals surface area (Å²) >= 11 is 0. The first kappa shape index (κ1) is 16.5. The molecule has 1 aromatic carbocycles. The summed E-state index contributed by atoms with van der Waals surface area (Å²) in [4.78, 5) is 26.8. The first-order valence-corrected chi connectivity index (χ1v) is 8.57. The van der Waals surface area contributed by atoms with Crippen LogP contribution in [-0.4, -0.2) is 33.7 Å². The zero-order chi connectivity index (χ0) is 18.5. The maximum Gasteiger partial charge on any atom is 0.320 e. The molecule has 134 valence electrons. The number of hydrogen-bond acceptors (Lipinski definition) is 4. The van der Waals surface area contributed by atoms with Gasteiger partial charge in [0, 0.05) is 28.4 Å². The highest BCUT2D eigenvalue weighted by Gasteiger charge is 2.47. The van der Waals surface area contributed by atoms with Gasteiger partial charge >= 0.3 is 5.97 Å². The number of aromatic amines is 1. The first-order valence-electron chi connectivity index (χ1n) is 8.57. The third kappa shape index (κ3) is 2.70. The second-order valence-corrected chi connectivity index (χ2v) is 7.23. The lowest BCUT2D eigenvalue weighted by molar-refractivity contribution is -0.138. The fraction of sp³-hybridized carbons (Fsp3) is 0.316. The Hall–Kier alpha value is -2.93. The predicted octanol–water partition coefficient (Wildman–Crippen LogP) is 1.79. The minimum atomic E-state index is -1.06. The van der Waals surface area contributed by atoms with E-state index in [1.165, 1.54) is 0 Å². The normalized spacial score (nSPS) is 20.9. The highest BCUT2D eigenvalue weighted by molar-refractivity contribution is 6.29. The third-order valence-electron chi connectivity index (χ3n) is 5.22. The molecule has 7 nitrogen and oxygen atoms in total. The number of benzene rings is 1. The molecule has 2 aromatic rings. The topological polar surface area (TPSA) is 121 Å². The molecule has 2 aliphatic rings. The number of aliphatic carboxylic acids is 1. The molecule has 0 bridgehead atoms. The van der Waals surface area contributed by atoms with Gasteiger partial charge in [-0.1, -0.05) is 25.1 Å². The molecular formula is C19H20N4O3. The van der Waals surface area contributed by atoms with Crippen molar-refractivity contribution < 1.29 is 14.7 Å². The molecule has 4 rings (SSSR count). The van der Waals surface area contributed by atoms with E-state index in [1.807, 2.05) is 24.3 Å². The van der Waals surface area contributed by atoms with Crippen LogP contribution >= 0.6 is 0 Å². The largest absolute Gasteiger partial charge is 0.480 e. The molecule has 1 unspecified atom stereocenters. The average Bonchev–Trinajstić information content (AvgIpc) is 3.11. The average molecular weight is 352 g/mol. The van der Waals surface area contributed by atoms with E-state index in [1.54, 1.807) is 6.08 Å². The SMILES string of the molecule is CC1(C2=NNC(=O)C2=Cc2[nH]c3ccccc3c2CC(N)C(=O)O)CC1. The number of rotatable bonds is 5. The molecule has 1 fully saturated rings. The lowest BCUT2D eigenvalue weighted by Gasteiger charge is -2.09. The van der Waals surface area contributed by atoms with E-state index in [-0.39, 0.29) is 17.7 Å². The number of carbonyl (C=O) groups is 2. The van der Waals surface area contributed by atoms with E-state index in [2.05, 4.69) is 22.4 Å². The van der Waals surface area contributed by atoms with Gasteiger partial charge in [-0.3, -0.25) is 9.59 Å². The van der Waals surface area contributed by atoms with Gasteiger partial charge in [-0.2, -0.15) is 5.10 Å². The van der Waals surface area contributed by atoms with Crippen LogP contribution in [0.3, 0.4) is 0 Å². The number of nitrogens with zero attached hydrogens (tertiary/aromatic N) is 1.